The van der Waals surface area contributed by atoms with Gasteiger partial charge in [0.2, 0.25) is 5.88 Å². The molecule has 0 aromatic carbocycles. The van der Waals surface area contributed by atoms with E-state index in [9.17, 15) is 4.79 Å². The predicted molar refractivity (Wildman–Crippen MR) is 94.0 cm³/mol. The lowest BCUT2D eigenvalue weighted by Crippen LogP contribution is -2.52. The van der Waals surface area contributed by atoms with Crippen LogP contribution in [0.1, 0.15) is 28.2 Å². The molecule has 0 bridgehead atoms. The molecule has 26 heavy (non-hydrogen) atoms. The Balaban J connectivity index is 1.46. The van der Waals surface area contributed by atoms with Gasteiger partial charge < -0.3 is 19.7 Å². The molecule has 2 aliphatic rings. The van der Waals surface area contributed by atoms with Crippen molar-refractivity contribution in [2.24, 2.45) is 0 Å². The Labute approximate surface area is 151 Å². The highest BCUT2D eigenvalue weighted by molar-refractivity contribution is 5.94. The van der Waals surface area contributed by atoms with Crippen LogP contribution in [0.5, 0.6) is 5.88 Å². The molecule has 138 valence electrons. The van der Waals surface area contributed by atoms with Crippen LogP contribution in [0.3, 0.4) is 0 Å². The van der Waals surface area contributed by atoms with Gasteiger partial charge in [-0.15, -0.1) is 0 Å². The summed E-state index contributed by atoms with van der Waals surface area (Å²) in [4.78, 5) is 19.2. The molecule has 0 spiro atoms. The summed E-state index contributed by atoms with van der Waals surface area (Å²) >= 11 is 0. The number of carbonyl (C=O) groups is 1. The van der Waals surface area contributed by atoms with Gasteiger partial charge in [-0.05, 0) is 13.1 Å². The van der Waals surface area contributed by atoms with Crippen LogP contribution in [0.4, 0.5) is 0 Å². The average molecular weight is 357 g/mol. The van der Waals surface area contributed by atoms with Crippen LogP contribution in [0, 0.1) is 0 Å². The Hall–Kier alpha value is -2.45. The van der Waals surface area contributed by atoms with E-state index in [-0.39, 0.29) is 18.1 Å². The Bertz CT molecular complexity index is 763. The number of nitrogens with one attached hydrogen (secondary N) is 2. The number of amides is 1. The summed E-state index contributed by atoms with van der Waals surface area (Å²) in [7, 11) is 2.04. The molecule has 2 aromatic heterocycles. The highest BCUT2D eigenvalue weighted by Crippen LogP contribution is 2.20. The number of rotatable bonds is 4. The molecular weight excluding hydrogens is 334 g/mol. The molecule has 2 aliphatic heterocycles. The van der Waals surface area contributed by atoms with Gasteiger partial charge in [0.1, 0.15) is 6.10 Å². The summed E-state index contributed by atoms with van der Waals surface area (Å²) in [6, 6.07) is 5.29. The SMILES string of the molecule is CN1CCc2[nH]nc(C(=O)N[C@@H]3COCC[C@H]3Oc3ccccn3)c2C1. The summed E-state index contributed by atoms with van der Waals surface area (Å²) in [5.74, 6) is 0.361. The lowest BCUT2D eigenvalue weighted by atomic mass is 10.0. The number of H-pyrrole nitrogens is 1. The smallest absolute Gasteiger partial charge is 0.272 e. The van der Waals surface area contributed by atoms with E-state index in [1.165, 1.54) is 0 Å². The first-order chi connectivity index (χ1) is 12.7. The van der Waals surface area contributed by atoms with Gasteiger partial charge in [0.05, 0.1) is 19.3 Å². The second-order valence-electron chi connectivity index (χ2n) is 6.78. The molecule has 1 fully saturated rings. The van der Waals surface area contributed by atoms with Gasteiger partial charge >= 0.3 is 0 Å². The van der Waals surface area contributed by atoms with Crippen LogP contribution in [-0.2, 0) is 17.7 Å². The van der Waals surface area contributed by atoms with Gasteiger partial charge in [-0.25, -0.2) is 4.98 Å². The van der Waals surface area contributed by atoms with Crippen molar-refractivity contribution in [3.8, 4) is 5.88 Å². The van der Waals surface area contributed by atoms with E-state index < -0.39 is 0 Å². The second-order valence-corrected chi connectivity index (χ2v) is 6.78. The highest BCUT2D eigenvalue weighted by Gasteiger charge is 2.32. The van der Waals surface area contributed by atoms with Crippen molar-refractivity contribution in [2.75, 3.05) is 26.8 Å². The van der Waals surface area contributed by atoms with Crippen molar-refractivity contribution < 1.29 is 14.3 Å². The minimum Gasteiger partial charge on any atom is -0.472 e. The second kappa shape index (κ2) is 7.43. The van der Waals surface area contributed by atoms with Crippen LogP contribution >= 0.6 is 0 Å². The van der Waals surface area contributed by atoms with E-state index in [2.05, 4.69) is 25.4 Å². The summed E-state index contributed by atoms with van der Waals surface area (Å²) in [6.45, 7) is 2.71. The van der Waals surface area contributed by atoms with Crippen molar-refractivity contribution in [1.29, 1.82) is 0 Å². The van der Waals surface area contributed by atoms with Crippen LogP contribution in [0.2, 0.25) is 0 Å². The van der Waals surface area contributed by atoms with Crippen LogP contribution in [0.15, 0.2) is 24.4 Å². The number of likely N-dealkylation sites (N-methyl/N-ethyl adjacent to an activating group) is 1. The first-order valence-electron chi connectivity index (χ1n) is 8.91. The number of hydrogen-bond donors (Lipinski definition) is 2. The molecule has 4 heterocycles. The maximum absolute atomic E-state index is 12.8. The zero-order valence-corrected chi connectivity index (χ0v) is 14.8. The first-order valence-corrected chi connectivity index (χ1v) is 8.91. The van der Waals surface area contributed by atoms with Gasteiger partial charge in [0.15, 0.2) is 5.69 Å². The van der Waals surface area contributed by atoms with E-state index in [4.69, 9.17) is 9.47 Å². The fourth-order valence-electron chi connectivity index (χ4n) is 3.42. The topological polar surface area (TPSA) is 92.4 Å². The minimum absolute atomic E-state index is 0.181. The largest absolute Gasteiger partial charge is 0.472 e. The Kier molecular flexibility index (Phi) is 4.85. The summed E-state index contributed by atoms with van der Waals surface area (Å²) < 4.78 is 11.5. The van der Waals surface area contributed by atoms with E-state index in [1.54, 1.807) is 6.20 Å². The molecule has 0 unspecified atom stereocenters. The van der Waals surface area contributed by atoms with E-state index in [1.807, 2.05) is 25.2 Å². The molecule has 0 saturated carbocycles. The molecule has 1 saturated heterocycles. The molecule has 4 rings (SSSR count). The molecule has 8 nitrogen and oxygen atoms in total. The number of nitrogens with zero attached hydrogens (tertiary/aromatic N) is 3. The predicted octanol–water partition coefficient (Wildman–Crippen LogP) is 0.759. The third-order valence-corrected chi connectivity index (χ3v) is 4.86. The molecule has 2 aromatic rings. The Morgan fingerprint density at radius 1 is 1.46 bits per heavy atom. The van der Waals surface area contributed by atoms with Crippen LogP contribution in [0.25, 0.3) is 0 Å². The van der Waals surface area contributed by atoms with Crippen LogP contribution < -0.4 is 10.1 Å². The van der Waals surface area contributed by atoms with Crippen molar-refractivity contribution in [2.45, 2.75) is 31.5 Å². The lowest BCUT2D eigenvalue weighted by Gasteiger charge is -2.32. The van der Waals surface area contributed by atoms with Gasteiger partial charge in [-0.2, -0.15) is 5.10 Å². The van der Waals surface area contributed by atoms with Crippen molar-refractivity contribution in [1.82, 2.24) is 25.4 Å². The van der Waals surface area contributed by atoms with Crippen molar-refractivity contribution in [3.05, 3.63) is 41.3 Å². The molecular formula is C18H23N5O3. The monoisotopic (exact) mass is 357 g/mol. The molecule has 2 atom stereocenters. The highest BCUT2D eigenvalue weighted by atomic mass is 16.5. The molecule has 8 heteroatoms. The number of carbonyl (C=O) groups excluding carboxylic acids is 1. The lowest BCUT2D eigenvalue weighted by molar-refractivity contribution is -0.00457. The van der Waals surface area contributed by atoms with Crippen molar-refractivity contribution in [3.63, 3.8) is 0 Å². The summed E-state index contributed by atoms with van der Waals surface area (Å²) in [6.07, 6.45) is 3.09. The Morgan fingerprint density at radius 3 is 3.23 bits per heavy atom. The third-order valence-electron chi connectivity index (χ3n) is 4.86. The third kappa shape index (κ3) is 3.56. The van der Waals surface area contributed by atoms with Crippen molar-refractivity contribution >= 4 is 5.91 Å². The standard InChI is InChI=1S/C18H23N5O3/c1-23-8-5-13-12(10-23)17(22-21-13)18(24)20-14-11-25-9-6-15(14)26-16-4-2-3-7-19-16/h2-4,7,14-15H,5-6,8-11H2,1H3,(H,20,24)(H,21,22)/t14-,15-/m1/s1. The zero-order valence-electron chi connectivity index (χ0n) is 14.8. The number of ether oxygens (including phenoxy) is 2. The number of fused-ring (bicyclic) bond motifs is 1. The summed E-state index contributed by atoms with van der Waals surface area (Å²) in [5, 5.41) is 10.3. The van der Waals surface area contributed by atoms with Gasteiger partial charge in [0.25, 0.3) is 5.91 Å². The molecule has 1 amide bonds. The number of aromatic amines is 1. The van der Waals surface area contributed by atoms with Gasteiger partial charge in [-0.1, -0.05) is 6.07 Å². The first kappa shape index (κ1) is 17.0. The van der Waals surface area contributed by atoms with Gasteiger partial charge in [-0.3, -0.25) is 9.89 Å². The van der Waals surface area contributed by atoms with E-state index in [0.717, 1.165) is 30.8 Å². The summed E-state index contributed by atoms with van der Waals surface area (Å²) in [5.41, 5.74) is 2.50. The number of pyridine rings is 1. The fraction of sp³-hybridized carbons (Fsp3) is 0.500. The molecule has 2 N–H and O–H groups in total. The van der Waals surface area contributed by atoms with Gasteiger partial charge in [0, 0.05) is 49.5 Å². The zero-order chi connectivity index (χ0) is 17.9. The number of aromatic nitrogens is 3. The quantitative estimate of drug-likeness (QED) is 0.839. The maximum Gasteiger partial charge on any atom is 0.272 e. The fourth-order valence-corrected chi connectivity index (χ4v) is 3.42. The minimum atomic E-state index is -0.244. The number of hydrogen-bond acceptors (Lipinski definition) is 6. The van der Waals surface area contributed by atoms with Crippen LogP contribution in [-0.4, -0.2) is 64.9 Å². The molecule has 0 radical (unpaired) electrons. The normalized spacial score (nSPS) is 23.3. The van der Waals surface area contributed by atoms with E-state index in [0.29, 0.717) is 31.2 Å². The van der Waals surface area contributed by atoms with E-state index >= 15 is 0 Å². The Morgan fingerprint density at radius 2 is 2.38 bits per heavy atom. The molecule has 0 aliphatic carbocycles. The average Bonchev–Trinajstić information content (AvgIpc) is 3.07. The maximum atomic E-state index is 12.8.